The Labute approximate surface area is 158 Å². The fourth-order valence-electron chi connectivity index (χ4n) is 3.16. The van der Waals surface area contributed by atoms with Crippen LogP contribution in [0.5, 0.6) is 0 Å². The van der Waals surface area contributed by atoms with E-state index in [4.69, 9.17) is 4.74 Å². The summed E-state index contributed by atoms with van der Waals surface area (Å²) in [5, 5.41) is 0. The molecule has 2 rings (SSSR count). The Morgan fingerprint density at radius 1 is 1.21 bits per heavy atom. The molecule has 1 heterocycles. The van der Waals surface area contributed by atoms with Crippen LogP contribution >= 0.6 is 22.6 Å². The van der Waals surface area contributed by atoms with E-state index in [1.807, 2.05) is 6.08 Å². The number of unbranched alkanes of at least 4 members (excludes halogenated alkanes) is 2. The third-order valence-electron chi connectivity index (χ3n) is 4.56. The van der Waals surface area contributed by atoms with Crippen LogP contribution in [0.15, 0.2) is 33.5 Å². The highest BCUT2D eigenvalue weighted by molar-refractivity contribution is 14.1. The Bertz CT molecular complexity index is 545. The number of allylic oxidation sites excluding steroid dienone is 5. The van der Waals surface area contributed by atoms with Crippen LogP contribution in [0.25, 0.3) is 0 Å². The molecule has 0 saturated heterocycles. The van der Waals surface area contributed by atoms with Crippen molar-refractivity contribution in [1.82, 2.24) is 0 Å². The molecule has 132 valence electrons. The van der Waals surface area contributed by atoms with Crippen molar-refractivity contribution in [3.8, 4) is 0 Å². The van der Waals surface area contributed by atoms with Gasteiger partial charge in [0.15, 0.2) is 5.78 Å². The molecule has 4 heteroatoms. The Hall–Kier alpha value is -0.910. The number of Topliss-reactive ketones (excluding diaryl/α,β-unsaturated/α-hetero) is 1. The van der Waals surface area contributed by atoms with Crippen LogP contribution in [0.1, 0.15) is 64.7 Å². The molecule has 24 heavy (non-hydrogen) atoms. The van der Waals surface area contributed by atoms with E-state index in [9.17, 15) is 9.59 Å². The van der Waals surface area contributed by atoms with Gasteiger partial charge in [-0.05, 0) is 54.7 Å². The Balaban J connectivity index is 2.12. The van der Waals surface area contributed by atoms with Gasteiger partial charge < -0.3 is 4.74 Å². The second kappa shape index (κ2) is 10.2. The Morgan fingerprint density at radius 3 is 2.83 bits per heavy atom. The molecule has 0 saturated carbocycles. The number of esters is 1. The molecule has 3 nitrogen and oxygen atoms in total. The number of cyclic esters (lactones) is 1. The fourth-order valence-corrected chi connectivity index (χ4v) is 3.91. The highest BCUT2D eigenvalue weighted by atomic mass is 127. The van der Waals surface area contributed by atoms with Crippen LogP contribution < -0.4 is 0 Å². The van der Waals surface area contributed by atoms with Gasteiger partial charge in [-0.25, -0.2) is 0 Å². The fraction of sp³-hybridized carbons (Fsp3) is 0.600. The lowest BCUT2D eigenvalue weighted by Gasteiger charge is -2.17. The average Bonchev–Trinajstić information content (AvgIpc) is 2.82. The molecule has 0 bridgehead atoms. The lowest BCUT2D eigenvalue weighted by atomic mass is 9.95. The summed E-state index contributed by atoms with van der Waals surface area (Å²) >= 11 is 2.13. The highest BCUT2D eigenvalue weighted by Gasteiger charge is 2.28. The van der Waals surface area contributed by atoms with Gasteiger partial charge in [0.05, 0.1) is 3.58 Å². The van der Waals surface area contributed by atoms with Crippen LogP contribution in [-0.2, 0) is 14.3 Å². The molecule has 0 spiro atoms. The van der Waals surface area contributed by atoms with Crippen LogP contribution in [0.4, 0.5) is 0 Å². The van der Waals surface area contributed by atoms with E-state index in [1.54, 1.807) is 0 Å². The van der Waals surface area contributed by atoms with Gasteiger partial charge in [0, 0.05) is 24.3 Å². The largest absolute Gasteiger partial charge is 0.462 e. The summed E-state index contributed by atoms with van der Waals surface area (Å²) in [6, 6.07) is 0. The monoisotopic (exact) mass is 442 g/mol. The Morgan fingerprint density at radius 2 is 2.04 bits per heavy atom. The summed E-state index contributed by atoms with van der Waals surface area (Å²) in [6.07, 6.45) is 16.2. The van der Waals surface area contributed by atoms with E-state index in [0.717, 1.165) is 54.1 Å². The number of carbonyl (C=O) groups excluding carboxylic acids is 2. The van der Waals surface area contributed by atoms with Crippen molar-refractivity contribution in [3.63, 3.8) is 0 Å². The van der Waals surface area contributed by atoms with Gasteiger partial charge in [0.25, 0.3) is 0 Å². The smallest absolute Gasteiger partial charge is 0.306 e. The van der Waals surface area contributed by atoms with Crippen molar-refractivity contribution in [2.45, 2.75) is 70.8 Å². The summed E-state index contributed by atoms with van der Waals surface area (Å²) in [5.74, 6) is 0.209. The van der Waals surface area contributed by atoms with Crippen LogP contribution in [0.2, 0.25) is 0 Å². The first-order chi connectivity index (χ1) is 11.6. The topological polar surface area (TPSA) is 43.4 Å². The first-order valence-corrected chi connectivity index (χ1v) is 10.2. The van der Waals surface area contributed by atoms with E-state index >= 15 is 0 Å². The third kappa shape index (κ3) is 5.87. The van der Waals surface area contributed by atoms with Crippen molar-refractivity contribution in [2.75, 3.05) is 0 Å². The minimum Gasteiger partial charge on any atom is -0.462 e. The van der Waals surface area contributed by atoms with Gasteiger partial charge >= 0.3 is 5.97 Å². The molecule has 0 radical (unpaired) electrons. The maximum atomic E-state index is 12.4. The molecule has 0 fully saturated rings. The SMILES string of the molecule is CCCCC[C@H]1C/C=C2/C(=O)C(I)=C[C@@H]2C/C=C\CCCC(=O)O1. The molecule has 1 aliphatic carbocycles. The quantitative estimate of drug-likeness (QED) is 0.252. The van der Waals surface area contributed by atoms with Gasteiger partial charge in [-0.15, -0.1) is 0 Å². The van der Waals surface area contributed by atoms with Gasteiger partial charge in [-0.1, -0.05) is 44.1 Å². The summed E-state index contributed by atoms with van der Waals surface area (Å²) < 4.78 is 6.49. The van der Waals surface area contributed by atoms with Crippen molar-refractivity contribution < 1.29 is 14.3 Å². The zero-order chi connectivity index (χ0) is 17.4. The average molecular weight is 442 g/mol. The van der Waals surface area contributed by atoms with Crippen molar-refractivity contribution in [2.24, 2.45) is 5.92 Å². The molecule has 0 amide bonds. The lowest BCUT2D eigenvalue weighted by Crippen LogP contribution is -2.18. The zero-order valence-electron chi connectivity index (χ0n) is 14.4. The van der Waals surface area contributed by atoms with Crippen molar-refractivity contribution in [3.05, 3.63) is 33.5 Å². The first-order valence-electron chi connectivity index (χ1n) is 9.08. The number of ketones is 1. The third-order valence-corrected chi connectivity index (χ3v) is 5.41. The van der Waals surface area contributed by atoms with Crippen LogP contribution in [0.3, 0.4) is 0 Å². The maximum Gasteiger partial charge on any atom is 0.306 e. The molecule has 0 aromatic carbocycles. The van der Waals surface area contributed by atoms with E-state index in [-0.39, 0.29) is 23.8 Å². The molecular weight excluding hydrogens is 415 g/mol. The van der Waals surface area contributed by atoms with Crippen molar-refractivity contribution in [1.29, 1.82) is 0 Å². The minimum atomic E-state index is -0.107. The predicted octanol–water partition coefficient (Wildman–Crippen LogP) is 5.44. The number of hydrogen-bond acceptors (Lipinski definition) is 3. The summed E-state index contributed by atoms with van der Waals surface area (Å²) in [7, 11) is 0. The maximum absolute atomic E-state index is 12.4. The standard InChI is InChI=1S/C20H27IO3/c1-2-3-6-10-16-12-13-17-15(14-18(21)20(17)23)9-7-4-5-8-11-19(22)24-16/h4,7,13-16H,2-3,5-6,8-12H2,1H3/b7-4-,17-13+/t15-,16-/m0/s1. The molecular formula is C20H27IO3. The molecule has 0 aromatic rings. The van der Waals surface area contributed by atoms with Gasteiger partial charge in [0.1, 0.15) is 6.10 Å². The van der Waals surface area contributed by atoms with E-state index in [0.29, 0.717) is 12.8 Å². The predicted molar refractivity (Wildman–Crippen MR) is 105 cm³/mol. The Kier molecular flexibility index (Phi) is 8.22. The van der Waals surface area contributed by atoms with Gasteiger partial charge in [0.2, 0.25) is 0 Å². The lowest BCUT2D eigenvalue weighted by molar-refractivity contribution is -0.149. The number of fused-ring (bicyclic) bond motifs is 1. The molecule has 1 aliphatic heterocycles. The minimum absolute atomic E-state index is 0.100. The van der Waals surface area contributed by atoms with Gasteiger partial charge in [-0.2, -0.15) is 0 Å². The first kappa shape index (κ1) is 19.4. The van der Waals surface area contributed by atoms with Crippen LogP contribution in [0, 0.1) is 5.92 Å². The molecule has 0 unspecified atom stereocenters. The second-order valence-electron chi connectivity index (χ2n) is 6.55. The molecule has 2 aliphatic rings. The molecule has 2 atom stereocenters. The number of ether oxygens (including phenoxy) is 1. The summed E-state index contributed by atoms with van der Waals surface area (Å²) in [5.41, 5.74) is 0.875. The van der Waals surface area contributed by atoms with Crippen LogP contribution in [-0.4, -0.2) is 17.9 Å². The number of hydrogen-bond donors (Lipinski definition) is 0. The molecule has 0 aromatic heterocycles. The van der Waals surface area contributed by atoms with E-state index in [1.165, 1.54) is 0 Å². The van der Waals surface area contributed by atoms with Gasteiger partial charge in [-0.3, -0.25) is 9.59 Å². The summed E-state index contributed by atoms with van der Waals surface area (Å²) in [6.45, 7) is 2.17. The number of rotatable bonds is 4. The summed E-state index contributed by atoms with van der Waals surface area (Å²) in [4.78, 5) is 24.4. The van der Waals surface area contributed by atoms with E-state index < -0.39 is 0 Å². The van der Waals surface area contributed by atoms with Crippen molar-refractivity contribution >= 4 is 34.3 Å². The molecule has 0 N–H and O–H groups in total. The number of carbonyl (C=O) groups is 2. The normalized spacial score (nSPS) is 29.2. The zero-order valence-corrected chi connectivity index (χ0v) is 16.6. The second-order valence-corrected chi connectivity index (χ2v) is 7.71. The van der Waals surface area contributed by atoms with E-state index in [2.05, 4.69) is 47.7 Å². The highest BCUT2D eigenvalue weighted by Crippen LogP contribution is 2.34. The number of halogens is 1.